The van der Waals surface area contributed by atoms with E-state index >= 15 is 0 Å². The summed E-state index contributed by atoms with van der Waals surface area (Å²) in [6, 6.07) is 10.4. The number of amides is 1. The lowest BCUT2D eigenvalue weighted by Gasteiger charge is -2.40. The van der Waals surface area contributed by atoms with E-state index in [1.165, 1.54) is 9.21 Å². The summed E-state index contributed by atoms with van der Waals surface area (Å²) in [5.74, 6) is 0.949. The van der Waals surface area contributed by atoms with Crippen LogP contribution in [0.2, 0.25) is 15.1 Å². The number of carbonyl (C=O) groups excluding carboxylic acids is 1. The Balaban J connectivity index is 1.34. The second-order valence-electron chi connectivity index (χ2n) is 9.48. The molecule has 1 amide bonds. The van der Waals surface area contributed by atoms with Gasteiger partial charge in [0, 0.05) is 46.0 Å². The van der Waals surface area contributed by atoms with Crippen molar-refractivity contribution in [1.82, 2.24) is 9.21 Å². The smallest absolute Gasteiger partial charge is 0.254 e. The van der Waals surface area contributed by atoms with Gasteiger partial charge in [-0.05, 0) is 67.9 Å². The minimum absolute atomic E-state index is 0.00653. The molecule has 0 aliphatic carbocycles. The quantitative estimate of drug-likeness (QED) is 0.475. The molecule has 2 fully saturated rings. The molecule has 0 N–H and O–H groups in total. The summed E-state index contributed by atoms with van der Waals surface area (Å²) >= 11 is 18.8. The number of sulfonamides is 1. The van der Waals surface area contributed by atoms with Gasteiger partial charge in [0.2, 0.25) is 10.0 Å². The molecule has 2 aliphatic rings. The van der Waals surface area contributed by atoms with E-state index in [9.17, 15) is 13.2 Å². The molecule has 2 aliphatic heterocycles. The Labute approximate surface area is 222 Å². The first-order valence-corrected chi connectivity index (χ1v) is 14.4. The Bertz CT molecular complexity index is 1170. The molecule has 2 heterocycles. The van der Waals surface area contributed by atoms with Crippen LogP contribution in [0.3, 0.4) is 0 Å². The van der Waals surface area contributed by atoms with Crippen LogP contribution in [0.1, 0.15) is 36.0 Å². The lowest BCUT2D eigenvalue weighted by molar-refractivity contribution is 0.0828. The fraction of sp³-hybridized carbons (Fsp3) is 0.480. The minimum Gasteiger partial charge on any atom is -0.371 e. The number of hydrogen-bond donors (Lipinski definition) is 0. The van der Waals surface area contributed by atoms with Crippen LogP contribution in [0.5, 0.6) is 0 Å². The van der Waals surface area contributed by atoms with Crippen molar-refractivity contribution in [3.8, 4) is 0 Å². The fourth-order valence-electron chi connectivity index (χ4n) is 5.19. The predicted molar refractivity (Wildman–Crippen MR) is 142 cm³/mol. The second kappa shape index (κ2) is 10.9. The van der Waals surface area contributed by atoms with Gasteiger partial charge >= 0.3 is 0 Å². The van der Waals surface area contributed by atoms with Gasteiger partial charge in [-0.3, -0.25) is 4.79 Å². The zero-order valence-corrected chi connectivity index (χ0v) is 23.0. The Morgan fingerprint density at radius 2 is 1.40 bits per heavy atom. The van der Waals surface area contributed by atoms with Gasteiger partial charge in [-0.2, -0.15) is 4.31 Å². The van der Waals surface area contributed by atoms with E-state index in [-0.39, 0.29) is 20.8 Å². The topological polar surface area (TPSA) is 60.9 Å². The van der Waals surface area contributed by atoms with E-state index in [1.807, 2.05) is 12.1 Å². The molecule has 0 radical (unpaired) electrons. The van der Waals surface area contributed by atoms with E-state index in [2.05, 4.69) is 4.90 Å². The van der Waals surface area contributed by atoms with Crippen LogP contribution in [0, 0.1) is 11.8 Å². The van der Waals surface area contributed by atoms with Crippen molar-refractivity contribution in [3.05, 3.63) is 57.0 Å². The zero-order valence-electron chi connectivity index (χ0n) is 19.9. The lowest BCUT2D eigenvalue weighted by atomic mass is 9.79. The Kier molecular flexibility index (Phi) is 8.23. The van der Waals surface area contributed by atoms with E-state index < -0.39 is 10.0 Å². The monoisotopic (exact) mass is 557 g/mol. The van der Waals surface area contributed by atoms with Gasteiger partial charge in [0.25, 0.3) is 5.91 Å². The Hall–Kier alpha value is -1.51. The maximum atomic E-state index is 13.2. The zero-order chi connectivity index (χ0) is 25.3. The van der Waals surface area contributed by atoms with Gasteiger partial charge in [-0.15, -0.1) is 0 Å². The highest BCUT2D eigenvalue weighted by molar-refractivity contribution is 7.89. The molecular formula is C25H30Cl3N3O3S. The number of benzene rings is 2. The van der Waals surface area contributed by atoms with Gasteiger partial charge in [0.1, 0.15) is 4.90 Å². The summed E-state index contributed by atoms with van der Waals surface area (Å²) in [5.41, 5.74) is 1.54. The van der Waals surface area contributed by atoms with Crippen LogP contribution in [0.25, 0.3) is 0 Å². The van der Waals surface area contributed by atoms with Crippen molar-refractivity contribution in [3.63, 3.8) is 0 Å². The summed E-state index contributed by atoms with van der Waals surface area (Å²) in [6.45, 7) is 2.78. The molecule has 2 aromatic rings. The van der Waals surface area contributed by atoms with Crippen LogP contribution in [-0.2, 0) is 10.0 Å². The van der Waals surface area contributed by atoms with Crippen LogP contribution < -0.4 is 4.90 Å². The molecule has 10 heteroatoms. The highest BCUT2D eigenvalue weighted by atomic mass is 35.5. The molecule has 0 bridgehead atoms. The summed E-state index contributed by atoms with van der Waals surface area (Å²) in [4.78, 5) is 16.1. The maximum Gasteiger partial charge on any atom is 0.254 e. The molecule has 4 rings (SSSR count). The predicted octanol–water partition coefficient (Wildman–Crippen LogP) is 5.67. The van der Waals surface area contributed by atoms with Crippen molar-refractivity contribution in [1.29, 1.82) is 0 Å². The molecule has 2 saturated heterocycles. The van der Waals surface area contributed by atoms with Gasteiger partial charge in [-0.25, -0.2) is 8.42 Å². The highest BCUT2D eigenvalue weighted by Crippen LogP contribution is 2.38. The number of piperidine rings is 2. The lowest BCUT2D eigenvalue weighted by Crippen LogP contribution is -2.43. The molecule has 0 unspecified atom stereocenters. The Morgan fingerprint density at radius 3 is 1.91 bits per heavy atom. The largest absolute Gasteiger partial charge is 0.371 e. The van der Waals surface area contributed by atoms with Crippen molar-refractivity contribution in [2.24, 2.45) is 11.8 Å². The van der Waals surface area contributed by atoms with E-state index in [0.717, 1.165) is 44.5 Å². The van der Waals surface area contributed by atoms with Crippen LogP contribution in [0.4, 0.5) is 5.69 Å². The van der Waals surface area contributed by atoms with Gasteiger partial charge in [-0.1, -0.05) is 40.9 Å². The third-order valence-corrected chi connectivity index (χ3v) is 10.3. The van der Waals surface area contributed by atoms with Gasteiger partial charge < -0.3 is 9.80 Å². The molecule has 0 spiro atoms. The number of hydrogen-bond acceptors (Lipinski definition) is 4. The summed E-state index contributed by atoms with van der Waals surface area (Å²) < 4.78 is 27.8. The standard InChI is InChI=1S/C25H30Cl3N3O3S/c1-29(2)25(32)20-7-6-19(16-23(20)28)30-12-8-17(9-13-30)18-10-14-31(15-11-18)35(33,34)24-21(26)4-3-5-22(24)27/h3-7,16-18H,8-15H2,1-2H3. The summed E-state index contributed by atoms with van der Waals surface area (Å²) in [7, 11) is -0.297. The van der Waals surface area contributed by atoms with Crippen LogP contribution >= 0.6 is 34.8 Å². The van der Waals surface area contributed by atoms with E-state index in [0.29, 0.717) is 35.5 Å². The fourth-order valence-corrected chi connectivity index (χ4v) is 8.01. The van der Waals surface area contributed by atoms with Crippen LogP contribution in [0.15, 0.2) is 41.3 Å². The number of anilines is 1. The minimum atomic E-state index is -3.72. The molecule has 2 aromatic carbocycles. The first-order valence-electron chi connectivity index (χ1n) is 11.8. The molecule has 6 nitrogen and oxygen atoms in total. The summed E-state index contributed by atoms with van der Waals surface area (Å²) in [6.07, 6.45) is 3.76. The first kappa shape index (κ1) is 26.6. The second-order valence-corrected chi connectivity index (χ2v) is 12.6. The number of rotatable bonds is 5. The molecule has 0 aromatic heterocycles. The number of nitrogens with zero attached hydrogens (tertiary/aromatic N) is 3. The van der Waals surface area contributed by atoms with Crippen molar-refractivity contribution >= 4 is 56.4 Å². The van der Waals surface area contributed by atoms with Crippen molar-refractivity contribution in [2.75, 3.05) is 45.2 Å². The van der Waals surface area contributed by atoms with Gasteiger partial charge in [0.05, 0.1) is 20.6 Å². The van der Waals surface area contributed by atoms with Crippen molar-refractivity contribution < 1.29 is 13.2 Å². The molecular weight excluding hydrogens is 529 g/mol. The SMILES string of the molecule is CN(C)C(=O)c1ccc(N2CCC(C3CCN(S(=O)(=O)c4c(Cl)cccc4Cl)CC3)CC2)cc1Cl. The number of carbonyl (C=O) groups is 1. The highest BCUT2D eigenvalue weighted by Gasteiger charge is 2.35. The average molecular weight is 559 g/mol. The van der Waals surface area contributed by atoms with Crippen LogP contribution in [-0.4, -0.2) is 63.8 Å². The third kappa shape index (κ3) is 5.59. The molecule has 190 valence electrons. The van der Waals surface area contributed by atoms with E-state index in [4.69, 9.17) is 34.8 Å². The number of halogens is 3. The molecule has 0 atom stereocenters. The van der Waals surface area contributed by atoms with Crippen molar-refractivity contribution in [2.45, 2.75) is 30.6 Å². The average Bonchev–Trinajstić information content (AvgIpc) is 2.83. The normalized spacial score (nSPS) is 18.6. The van der Waals surface area contributed by atoms with Gasteiger partial charge in [0.15, 0.2) is 0 Å². The van der Waals surface area contributed by atoms with E-state index in [1.54, 1.807) is 38.4 Å². The molecule has 0 saturated carbocycles. The molecule has 35 heavy (non-hydrogen) atoms. The maximum absolute atomic E-state index is 13.2. The first-order chi connectivity index (χ1) is 16.6. The third-order valence-electron chi connectivity index (χ3n) is 7.18. The Morgan fingerprint density at radius 1 is 0.857 bits per heavy atom. The summed E-state index contributed by atoms with van der Waals surface area (Å²) in [5, 5.41) is 0.785.